The third kappa shape index (κ3) is 3.85. The Hall–Kier alpha value is -2.39. The lowest BCUT2D eigenvalue weighted by atomic mass is 10.0. The molecule has 172 valence electrons. The van der Waals surface area contributed by atoms with E-state index in [-0.39, 0.29) is 29.5 Å². The van der Waals surface area contributed by atoms with Gasteiger partial charge in [0.25, 0.3) is 5.91 Å². The van der Waals surface area contributed by atoms with E-state index in [9.17, 15) is 13.2 Å². The highest BCUT2D eigenvalue weighted by Gasteiger charge is 2.34. The maximum Gasteiger partial charge on any atom is 0.252 e. The Balaban J connectivity index is 1.41. The van der Waals surface area contributed by atoms with Crippen molar-refractivity contribution >= 4 is 38.5 Å². The Morgan fingerprint density at radius 2 is 2.00 bits per heavy atom. The molecule has 0 bridgehead atoms. The fraction of sp³-hybridized carbons (Fsp3) is 0.458. The zero-order valence-corrected chi connectivity index (χ0v) is 20.1. The van der Waals surface area contributed by atoms with Crippen molar-refractivity contribution in [2.75, 3.05) is 17.3 Å². The van der Waals surface area contributed by atoms with Crippen molar-refractivity contribution < 1.29 is 13.2 Å². The van der Waals surface area contributed by atoms with E-state index in [0.717, 1.165) is 36.1 Å². The summed E-state index contributed by atoms with van der Waals surface area (Å²) < 4.78 is 26.0. The first-order valence-electron chi connectivity index (χ1n) is 11.5. The normalized spacial score (nSPS) is 24.0. The molecule has 4 heterocycles. The van der Waals surface area contributed by atoms with Gasteiger partial charge in [0, 0.05) is 22.3 Å². The summed E-state index contributed by atoms with van der Waals surface area (Å²) in [5, 5.41) is 8.70. The molecule has 2 atom stereocenters. The number of hydrogen-bond acceptors (Lipinski definition) is 6. The third-order valence-electron chi connectivity index (χ3n) is 6.92. The number of amides is 1. The minimum absolute atomic E-state index is 0.0298. The van der Waals surface area contributed by atoms with Gasteiger partial charge in [0.2, 0.25) is 0 Å². The van der Waals surface area contributed by atoms with Crippen LogP contribution in [0.1, 0.15) is 71.0 Å². The number of thioether (sulfide) groups is 1. The number of fused-ring (bicyclic) bond motifs is 2. The number of aryl methyl sites for hydroxylation is 1. The van der Waals surface area contributed by atoms with Crippen molar-refractivity contribution in [2.24, 2.45) is 0 Å². The highest BCUT2D eigenvalue weighted by atomic mass is 32.2. The second-order valence-corrected chi connectivity index (χ2v) is 12.7. The predicted octanol–water partition coefficient (Wildman–Crippen LogP) is 3.94. The van der Waals surface area contributed by atoms with Crippen LogP contribution in [0.25, 0.3) is 11.0 Å². The van der Waals surface area contributed by atoms with E-state index in [1.807, 2.05) is 36.9 Å². The van der Waals surface area contributed by atoms with Gasteiger partial charge in [0.05, 0.1) is 40.2 Å². The summed E-state index contributed by atoms with van der Waals surface area (Å²) in [5.74, 6) is 1.47. The van der Waals surface area contributed by atoms with Gasteiger partial charge in [0.1, 0.15) is 0 Å². The van der Waals surface area contributed by atoms with Crippen molar-refractivity contribution in [2.45, 2.75) is 55.5 Å². The number of benzene rings is 1. The molecule has 2 fully saturated rings. The van der Waals surface area contributed by atoms with Crippen LogP contribution in [0.2, 0.25) is 0 Å². The largest absolute Gasteiger partial charge is 0.345 e. The SMILES string of the molecule is Cc1nn([C@H]2CCS(=O)(=O)C2)c2nc(C3CC3)cc(C(=O)N[C@H]3CCSc4ccccc43)c12. The number of aromatic nitrogens is 3. The van der Waals surface area contributed by atoms with Crippen LogP contribution in [-0.2, 0) is 9.84 Å². The molecule has 33 heavy (non-hydrogen) atoms. The number of pyridine rings is 1. The first-order chi connectivity index (χ1) is 15.9. The van der Waals surface area contributed by atoms with E-state index in [0.29, 0.717) is 29.2 Å². The maximum atomic E-state index is 13.6. The van der Waals surface area contributed by atoms with Gasteiger partial charge in [-0.1, -0.05) is 18.2 Å². The topological polar surface area (TPSA) is 93.9 Å². The molecule has 3 aliphatic rings. The van der Waals surface area contributed by atoms with Crippen LogP contribution in [0.4, 0.5) is 0 Å². The lowest BCUT2D eigenvalue weighted by Gasteiger charge is -2.26. The Labute approximate surface area is 197 Å². The molecule has 0 radical (unpaired) electrons. The zero-order chi connectivity index (χ0) is 22.7. The smallest absolute Gasteiger partial charge is 0.252 e. The summed E-state index contributed by atoms with van der Waals surface area (Å²) in [4.78, 5) is 19.8. The molecule has 7 nitrogen and oxygen atoms in total. The van der Waals surface area contributed by atoms with E-state index in [4.69, 9.17) is 10.1 Å². The van der Waals surface area contributed by atoms with Crippen LogP contribution >= 0.6 is 11.8 Å². The summed E-state index contributed by atoms with van der Waals surface area (Å²) in [5.41, 5.74) is 4.03. The van der Waals surface area contributed by atoms with Gasteiger partial charge in [-0.05, 0) is 50.3 Å². The van der Waals surface area contributed by atoms with Gasteiger partial charge in [-0.3, -0.25) is 4.79 Å². The van der Waals surface area contributed by atoms with Gasteiger partial charge < -0.3 is 5.32 Å². The average Bonchev–Trinajstić information content (AvgIpc) is 3.52. The predicted molar refractivity (Wildman–Crippen MR) is 129 cm³/mol. The quantitative estimate of drug-likeness (QED) is 0.605. The molecule has 0 spiro atoms. The van der Waals surface area contributed by atoms with Crippen molar-refractivity contribution in [3.05, 3.63) is 52.8 Å². The number of nitrogens with one attached hydrogen (secondary N) is 1. The maximum absolute atomic E-state index is 13.6. The lowest BCUT2D eigenvalue weighted by molar-refractivity contribution is 0.0936. The molecule has 6 rings (SSSR count). The first-order valence-corrected chi connectivity index (χ1v) is 14.3. The van der Waals surface area contributed by atoms with E-state index in [2.05, 4.69) is 17.4 Å². The van der Waals surface area contributed by atoms with E-state index < -0.39 is 9.84 Å². The number of nitrogens with zero attached hydrogens (tertiary/aromatic N) is 3. The molecule has 1 aliphatic carbocycles. The molecule has 9 heteroatoms. The van der Waals surface area contributed by atoms with E-state index in [1.54, 1.807) is 4.68 Å². The van der Waals surface area contributed by atoms with E-state index >= 15 is 0 Å². The molecule has 2 aliphatic heterocycles. The summed E-state index contributed by atoms with van der Waals surface area (Å²) in [6, 6.07) is 9.92. The molecule has 1 N–H and O–H groups in total. The molecule has 1 amide bonds. The molecule has 3 aromatic rings. The minimum Gasteiger partial charge on any atom is -0.345 e. The van der Waals surface area contributed by atoms with Crippen LogP contribution in [0.3, 0.4) is 0 Å². The summed E-state index contributed by atoms with van der Waals surface area (Å²) >= 11 is 1.83. The fourth-order valence-electron chi connectivity index (χ4n) is 5.05. The van der Waals surface area contributed by atoms with Crippen LogP contribution in [0, 0.1) is 6.92 Å². The van der Waals surface area contributed by atoms with Crippen LogP contribution in [-0.4, -0.2) is 46.3 Å². The standard InChI is InChI=1S/C24H26N4O3S2/c1-14-22-18(24(29)26-19-8-10-32-21-5-3-2-4-17(19)21)12-20(15-6-7-15)25-23(22)28(27-14)16-9-11-33(30,31)13-16/h2-5,12,15-16,19H,6-11,13H2,1H3,(H,26,29)/t16-,19-/m0/s1. The lowest BCUT2D eigenvalue weighted by Crippen LogP contribution is -2.31. The zero-order valence-electron chi connectivity index (χ0n) is 18.5. The van der Waals surface area contributed by atoms with Crippen LogP contribution in [0.15, 0.2) is 35.2 Å². The second kappa shape index (κ2) is 7.84. The molecule has 1 aromatic carbocycles. The third-order valence-corrected chi connectivity index (χ3v) is 9.79. The molecule has 1 saturated heterocycles. The highest BCUT2D eigenvalue weighted by Crippen LogP contribution is 2.41. The van der Waals surface area contributed by atoms with Gasteiger partial charge in [0.15, 0.2) is 15.5 Å². The highest BCUT2D eigenvalue weighted by molar-refractivity contribution is 7.99. The van der Waals surface area contributed by atoms with Gasteiger partial charge in [-0.15, -0.1) is 11.8 Å². The van der Waals surface area contributed by atoms with Gasteiger partial charge in [-0.25, -0.2) is 18.1 Å². The number of rotatable bonds is 4. The van der Waals surface area contributed by atoms with E-state index in [1.165, 1.54) is 10.5 Å². The molecule has 1 saturated carbocycles. The van der Waals surface area contributed by atoms with Crippen molar-refractivity contribution in [3.63, 3.8) is 0 Å². The summed E-state index contributed by atoms with van der Waals surface area (Å²) in [6.07, 6.45) is 3.55. The number of hydrogen-bond donors (Lipinski definition) is 1. The Kier molecular flexibility index (Phi) is 5.03. The molecule has 2 aromatic heterocycles. The fourth-order valence-corrected chi connectivity index (χ4v) is 7.87. The van der Waals surface area contributed by atoms with Crippen molar-refractivity contribution in [3.8, 4) is 0 Å². The van der Waals surface area contributed by atoms with Crippen molar-refractivity contribution in [1.82, 2.24) is 20.1 Å². The van der Waals surface area contributed by atoms with Gasteiger partial charge in [-0.2, -0.15) is 5.10 Å². The molecule has 0 unspecified atom stereocenters. The summed E-state index contributed by atoms with van der Waals surface area (Å²) in [7, 11) is -3.06. The number of sulfone groups is 1. The monoisotopic (exact) mass is 482 g/mol. The summed E-state index contributed by atoms with van der Waals surface area (Å²) in [6.45, 7) is 1.88. The Morgan fingerprint density at radius 1 is 1.18 bits per heavy atom. The number of carbonyl (C=O) groups is 1. The van der Waals surface area contributed by atoms with Gasteiger partial charge >= 0.3 is 0 Å². The Morgan fingerprint density at radius 3 is 2.76 bits per heavy atom. The molecular formula is C24H26N4O3S2. The average molecular weight is 483 g/mol. The second-order valence-electron chi connectivity index (χ2n) is 9.36. The van der Waals surface area contributed by atoms with Crippen LogP contribution < -0.4 is 5.32 Å². The van der Waals surface area contributed by atoms with Crippen molar-refractivity contribution in [1.29, 1.82) is 0 Å². The number of carbonyl (C=O) groups excluding carboxylic acids is 1. The Bertz CT molecular complexity index is 1380. The molecular weight excluding hydrogens is 456 g/mol. The minimum atomic E-state index is -3.06. The van der Waals surface area contributed by atoms with Crippen LogP contribution in [0.5, 0.6) is 0 Å². The first kappa shape index (κ1) is 21.2.